The Labute approximate surface area is 321 Å². The summed E-state index contributed by atoms with van der Waals surface area (Å²) in [4.78, 5) is 20.1. The summed E-state index contributed by atoms with van der Waals surface area (Å²) < 4.78 is 5.34. The summed E-state index contributed by atoms with van der Waals surface area (Å²) in [5.74, 6) is 0.184. The first-order valence-corrected chi connectivity index (χ1v) is 18.7. The lowest BCUT2D eigenvalue weighted by atomic mass is 9.77. The van der Waals surface area contributed by atoms with Crippen molar-refractivity contribution in [3.05, 3.63) is 202 Å². The molecule has 270 valence electrons. The Morgan fingerprint density at radius 2 is 1.29 bits per heavy atom. The van der Waals surface area contributed by atoms with Crippen LogP contribution in [0.2, 0.25) is 0 Å². The highest BCUT2D eigenvalue weighted by molar-refractivity contribution is 6.05. The molecule has 0 atom stereocenters. The molecule has 0 spiro atoms. The van der Waals surface area contributed by atoms with E-state index in [-0.39, 0.29) is 5.97 Å². The Bertz CT molecular complexity index is 2490. The van der Waals surface area contributed by atoms with Crippen LogP contribution >= 0.6 is 0 Å². The number of tetrazole rings is 1. The highest BCUT2D eigenvalue weighted by Gasteiger charge is 2.41. The van der Waals surface area contributed by atoms with Crippen LogP contribution in [0.25, 0.3) is 33.4 Å². The fourth-order valence-electron chi connectivity index (χ4n) is 7.72. The van der Waals surface area contributed by atoms with Crippen LogP contribution in [0.15, 0.2) is 158 Å². The largest absolute Gasteiger partial charge is 0.465 e. The molecule has 0 radical (unpaired) electrons. The highest BCUT2D eigenvalue weighted by atomic mass is 16.5. The average molecular weight is 720 g/mol. The van der Waals surface area contributed by atoms with Crippen molar-refractivity contribution in [1.82, 2.24) is 25.2 Å². The van der Waals surface area contributed by atoms with Gasteiger partial charge >= 0.3 is 5.97 Å². The van der Waals surface area contributed by atoms with E-state index in [4.69, 9.17) is 25.1 Å². The molecule has 2 heterocycles. The summed E-state index contributed by atoms with van der Waals surface area (Å²) in [6.45, 7) is 4.16. The van der Waals surface area contributed by atoms with Crippen LogP contribution in [0.4, 0.5) is 0 Å². The molecule has 0 saturated heterocycles. The lowest BCUT2D eigenvalue weighted by molar-refractivity contribution is 0.0601. The molecule has 0 unspecified atom stereocenters. The van der Waals surface area contributed by atoms with Gasteiger partial charge in [0.25, 0.3) is 0 Å². The SMILES string of the molecule is CCCc1nc2ccc(C)cc2c(C(=O)OC)c1Cc1ccc(-c2ccccc2-c2nnn(C(c3ccccc3)(c3ccccc3)c3ccccc3)n2)cc1. The molecule has 0 N–H and O–H groups in total. The molecule has 7 nitrogen and oxygen atoms in total. The van der Waals surface area contributed by atoms with Gasteiger partial charge in [-0.2, -0.15) is 0 Å². The Kier molecular flexibility index (Phi) is 9.84. The van der Waals surface area contributed by atoms with Gasteiger partial charge < -0.3 is 4.74 Å². The third-order valence-corrected chi connectivity index (χ3v) is 10.3. The third-order valence-electron chi connectivity index (χ3n) is 10.3. The Morgan fingerprint density at radius 1 is 0.709 bits per heavy atom. The number of carbonyl (C=O) groups is 1. The van der Waals surface area contributed by atoms with Crippen molar-refractivity contribution in [2.24, 2.45) is 0 Å². The second-order valence-corrected chi connectivity index (χ2v) is 13.8. The van der Waals surface area contributed by atoms with E-state index >= 15 is 0 Å². The first-order chi connectivity index (χ1) is 27.0. The lowest BCUT2D eigenvalue weighted by Crippen LogP contribution is -2.39. The molecule has 8 rings (SSSR count). The topological polar surface area (TPSA) is 82.8 Å². The molecule has 0 bridgehead atoms. The van der Waals surface area contributed by atoms with Gasteiger partial charge in [-0.25, -0.2) is 4.79 Å². The minimum atomic E-state index is -0.873. The summed E-state index contributed by atoms with van der Waals surface area (Å²) in [6, 6.07) is 53.8. The van der Waals surface area contributed by atoms with Crippen LogP contribution in [0.5, 0.6) is 0 Å². The Hall–Kier alpha value is -6.73. The fraction of sp³-hybridized carbons (Fsp3) is 0.146. The maximum absolute atomic E-state index is 13.4. The van der Waals surface area contributed by atoms with E-state index < -0.39 is 5.54 Å². The minimum absolute atomic E-state index is 0.341. The summed E-state index contributed by atoms with van der Waals surface area (Å²) >= 11 is 0. The second kappa shape index (κ2) is 15.3. The van der Waals surface area contributed by atoms with Gasteiger partial charge in [0.2, 0.25) is 5.82 Å². The molecule has 8 aromatic rings. The van der Waals surface area contributed by atoms with E-state index in [1.165, 1.54) is 7.11 Å². The first-order valence-electron chi connectivity index (χ1n) is 18.7. The number of ether oxygens (including phenoxy) is 1. The predicted octanol–water partition coefficient (Wildman–Crippen LogP) is 10.0. The molecular weight excluding hydrogens is 679 g/mol. The van der Waals surface area contributed by atoms with Crippen LogP contribution in [-0.2, 0) is 23.1 Å². The standard InChI is InChI=1S/C48H41N5O2/c1-4-16-43-42(45(47(54)55-3)41-31-33(2)25-30-44(41)49-43)32-34-26-28-35(29-27-34)39-23-14-15-24-40(39)46-50-52-53(51-46)48(36-17-8-5-9-18-36,37-19-10-6-11-20-37)38-21-12-7-13-22-38/h5-15,17-31H,4,16,32H2,1-3H3. The van der Waals surface area contributed by atoms with Crippen LogP contribution < -0.4 is 0 Å². The summed E-state index contributed by atoms with van der Waals surface area (Å²) in [5.41, 5.74) is 10.5. The van der Waals surface area contributed by atoms with Gasteiger partial charge in [-0.05, 0) is 69.6 Å². The first kappa shape index (κ1) is 35.3. The fourth-order valence-corrected chi connectivity index (χ4v) is 7.72. The zero-order valence-electron chi connectivity index (χ0n) is 31.2. The van der Waals surface area contributed by atoms with E-state index in [0.29, 0.717) is 17.8 Å². The zero-order chi connectivity index (χ0) is 37.8. The number of hydrogen-bond donors (Lipinski definition) is 0. The van der Waals surface area contributed by atoms with Gasteiger partial charge in [-0.15, -0.1) is 15.0 Å². The number of fused-ring (bicyclic) bond motifs is 1. The molecule has 0 fully saturated rings. The predicted molar refractivity (Wildman–Crippen MR) is 218 cm³/mol. The summed E-state index contributed by atoms with van der Waals surface area (Å²) in [5, 5.41) is 15.5. The van der Waals surface area contributed by atoms with Gasteiger partial charge in [0, 0.05) is 23.1 Å². The number of aromatic nitrogens is 5. The van der Waals surface area contributed by atoms with Gasteiger partial charge in [0.1, 0.15) is 0 Å². The smallest absolute Gasteiger partial charge is 0.338 e. The maximum atomic E-state index is 13.4. The van der Waals surface area contributed by atoms with Gasteiger partial charge in [0.15, 0.2) is 5.54 Å². The van der Waals surface area contributed by atoms with E-state index in [2.05, 4.69) is 73.7 Å². The molecule has 0 saturated carbocycles. The number of nitrogens with zero attached hydrogens (tertiary/aromatic N) is 5. The number of hydrogen-bond acceptors (Lipinski definition) is 6. The average Bonchev–Trinajstić information content (AvgIpc) is 3.73. The van der Waals surface area contributed by atoms with Crippen LogP contribution in [0.1, 0.15) is 62.8 Å². The highest BCUT2D eigenvalue weighted by Crippen LogP contribution is 2.40. The molecule has 0 aliphatic heterocycles. The third kappa shape index (κ3) is 6.59. The number of carbonyl (C=O) groups excluding carboxylic acids is 1. The van der Waals surface area contributed by atoms with Crippen molar-refractivity contribution < 1.29 is 9.53 Å². The minimum Gasteiger partial charge on any atom is -0.465 e. The van der Waals surface area contributed by atoms with Crippen LogP contribution in [0, 0.1) is 6.92 Å². The van der Waals surface area contributed by atoms with Crippen molar-refractivity contribution >= 4 is 16.9 Å². The van der Waals surface area contributed by atoms with E-state index in [0.717, 1.165) is 79.5 Å². The Balaban J connectivity index is 1.19. The van der Waals surface area contributed by atoms with Crippen molar-refractivity contribution in [2.45, 2.75) is 38.6 Å². The number of pyridine rings is 1. The van der Waals surface area contributed by atoms with Crippen LogP contribution in [0.3, 0.4) is 0 Å². The number of esters is 1. The van der Waals surface area contributed by atoms with Crippen molar-refractivity contribution in [2.75, 3.05) is 7.11 Å². The molecule has 55 heavy (non-hydrogen) atoms. The maximum Gasteiger partial charge on any atom is 0.338 e. The number of aryl methyl sites for hydroxylation is 2. The lowest BCUT2D eigenvalue weighted by Gasteiger charge is -2.34. The summed E-state index contributed by atoms with van der Waals surface area (Å²) in [7, 11) is 1.44. The number of methoxy groups -OCH3 is 1. The summed E-state index contributed by atoms with van der Waals surface area (Å²) in [6.07, 6.45) is 2.23. The van der Waals surface area contributed by atoms with Crippen LogP contribution in [-0.4, -0.2) is 38.3 Å². The molecule has 7 heteroatoms. The molecular formula is C48H41N5O2. The van der Waals surface area contributed by atoms with Gasteiger partial charge in [-0.1, -0.05) is 165 Å². The molecule has 0 aliphatic rings. The molecule has 6 aromatic carbocycles. The second-order valence-electron chi connectivity index (χ2n) is 13.8. The molecule has 0 aliphatic carbocycles. The monoisotopic (exact) mass is 719 g/mol. The number of benzene rings is 6. The molecule has 2 aromatic heterocycles. The van der Waals surface area contributed by atoms with E-state index in [9.17, 15) is 4.79 Å². The normalized spacial score (nSPS) is 11.5. The van der Waals surface area contributed by atoms with Crippen molar-refractivity contribution in [3.63, 3.8) is 0 Å². The van der Waals surface area contributed by atoms with E-state index in [1.807, 2.05) is 97.9 Å². The molecule has 0 amide bonds. The van der Waals surface area contributed by atoms with Gasteiger partial charge in [0.05, 0.1) is 18.2 Å². The van der Waals surface area contributed by atoms with Crippen molar-refractivity contribution in [1.29, 1.82) is 0 Å². The van der Waals surface area contributed by atoms with Crippen molar-refractivity contribution in [3.8, 4) is 22.5 Å². The Morgan fingerprint density at radius 3 is 1.87 bits per heavy atom. The zero-order valence-corrected chi connectivity index (χ0v) is 31.2. The van der Waals surface area contributed by atoms with E-state index in [1.54, 1.807) is 4.80 Å². The number of rotatable bonds is 11. The van der Waals surface area contributed by atoms with Gasteiger partial charge in [-0.3, -0.25) is 4.98 Å². The quantitative estimate of drug-likeness (QED) is 0.0978.